The third-order valence-corrected chi connectivity index (χ3v) is 11.0. The van der Waals surface area contributed by atoms with E-state index >= 15 is 0 Å². The van der Waals surface area contributed by atoms with Gasteiger partial charge in [-0.2, -0.15) is 0 Å². The molecule has 0 atom stereocenters. The van der Waals surface area contributed by atoms with Crippen LogP contribution in [0.3, 0.4) is 0 Å². The first-order valence-electron chi connectivity index (χ1n) is 19.2. The second kappa shape index (κ2) is 13.6. The van der Waals surface area contributed by atoms with Gasteiger partial charge in [0, 0.05) is 32.8 Å². The predicted molar refractivity (Wildman–Crippen MR) is 235 cm³/mol. The number of hydrogen-bond donors (Lipinski definition) is 0. The van der Waals surface area contributed by atoms with Crippen LogP contribution in [-0.4, -0.2) is 15.0 Å². The molecule has 0 radical (unpaired) electrons. The van der Waals surface area contributed by atoms with Crippen molar-refractivity contribution in [2.24, 2.45) is 0 Å². The summed E-state index contributed by atoms with van der Waals surface area (Å²) < 4.78 is 6.70. The molecular weight excluding hydrogens is 695 g/mol. The molecule has 266 valence electrons. The van der Waals surface area contributed by atoms with Crippen LogP contribution in [0.2, 0.25) is 0 Å². The molecule has 9 aromatic carbocycles. The molecule has 0 saturated carbocycles. The summed E-state index contributed by atoms with van der Waals surface area (Å²) >= 11 is 0. The lowest BCUT2D eigenvalue weighted by Crippen LogP contribution is -2.00. The molecule has 2 heterocycles. The SMILES string of the molecule is c1ccc(-c2nc(-c3ccccc3)nc(-c3ccc(-c4ccc(-c5ccc6c(c5)oc5c7ccccc7c(-c7cccc8ccccc78)cc65)cc4)cc3)n2)cc1. The van der Waals surface area contributed by atoms with Crippen LogP contribution in [0, 0.1) is 0 Å². The molecule has 4 nitrogen and oxygen atoms in total. The van der Waals surface area contributed by atoms with Crippen LogP contribution >= 0.6 is 0 Å². The summed E-state index contributed by atoms with van der Waals surface area (Å²) in [4.78, 5) is 14.6. The summed E-state index contributed by atoms with van der Waals surface area (Å²) in [5.74, 6) is 1.95. The molecule has 2 aromatic heterocycles. The van der Waals surface area contributed by atoms with E-state index in [2.05, 4.69) is 140 Å². The normalized spacial score (nSPS) is 11.5. The number of hydrogen-bond acceptors (Lipinski definition) is 4. The number of aromatic nitrogens is 3. The molecule has 0 aliphatic carbocycles. The molecular formula is C53H33N3O. The third-order valence-electron chi connectivity index (χ3n) is 11.0. The molecule has 0 bridgehead atoms. The summed E-state index contributed by atoms with van der Waals surface area (Å²) in [6, 6.07) is 70.0. The van der Waals surface area contributed by atoms with Crippen molar-refractivity contribution >= 4 is 43.5 Å². The molecule has 0 fully saturated rings. The van der Waals surface area contributed by atoms with Crippen LogP contribution in [0.4, 0.5) is 0 Å². The molecule has 11 aromatic rings. The van der Waals surface area contributed by atoms with E-state index in [9.17, 15) is 0 Å². The fraction of sp³-hybridized carbons (Fsp3) is 0. The lowest BCUT2D eigenvalue weighted by Gasteiger charge is -2.11. The second-order valence-electron chi connectivity index (χ2n) is 14.4. The van der Waals surface area contributed by atoms with Gasteiger partial charge in [-0.25, -0.2) is 15.0 Å². The minimum atomic E-state index is 0.642. The standard InChI is InChI=1S/C53H33N3O/c1-3-13-38(14-4-1)51-54-52(39-15-5-2-6-16-39)56-53(55-51)40-28-26-35(27-29-40)34-22-24-36(25-23-34)41-30-31-45-48-33-47(43-21-11-17-37-12-7-8-18-42(37)43)44-19-9-10-20-46(44)50(48)57-49(45)32-41/h1-33H. The van der Waals surface area contributed by atoms with Gasteiger partial charge in [0.2, 0.25) is 0 Å². The fourth-order valence-corrected chi connectivity index (χ4v) is 8.07. The number of rotatable bonds is 6. The molecule has 57 heavy (non-hydrogen) atoms. The Morgan fingerprint density at radius 1 is 0.281 bits per heavy atom. The Hall–Kier alpha value is -7.69. The molecule has 4 heteroatoms. The van der Waals surface area contributed by atoms with E-state index in [0.29, 0.717) is 17.5 Å². The van der Waals surface area contributed by atoms with Gasteiger partial charge in [-0.3, -0.25) is 0 Å². The van der Waals surface area contributed by atoms with E-state index in [1.807, 2.05) is 60.7 Å². The van der Waals surface area contributed by atoms with Crippen molar-refractivity contribution in [3.8, 4) is 67.5 Å². The van der Waals surface area contributed by atoms with Gasteiger partial charge in [-0.15, -0.1) is 0 Å². The topological polar surface area (TPSA) is 51.8 Å². The van der Waals surface area contributed by atoms with Gasteiger partial charge in [-0.05, 0) is 67.7 Å². The average molecular weight is 728 g/mol. The van der Waals surface area contributed by atoms with Crippen LogP contribution in [0.1, 0.15) is 0 Å². The lowest BCUT2D eigenvalue weighted by molar-refractivity contribution is 0.673. The zero-order valence-corrected chi connectivity index (χ0v) is 30.8. The van der Waals surface area contributed by atoms with Crippen molar-refractivity contribution in [1.29, 1.82) is 0 Å². The van der Waals surface area contributed by atoms with Crippen LogP contribution in [0.5, 0.6) is 0 Å². The molecule has 0 aliphatic rings. The van der Waals surface area contributed by atoms with Crippen molar-refractivity contribution < 1.29 is 4.42 Å². The molecule has 0 amide bonds. The summed E-state index contributed by atoms with van der Waals surface area (Å²) in [5, 5.41) is 7.03. The van der Waals surface area contributed by atoms with Gasteiger partial charge in [0.15, 0.2) is 17.5 Å². The molecule has 0 aliphatic heterocycles. The molecule has 0 saturated heterocycles. The zero-order valence-electron chi connectivity index (χ0n) is 30.8. The van der Waals surface area contributed by atoms with Crippen molar-refractivity contribution in [3.05, 3.63) is 200 Å². The van der Waals surface area contributed by atoms with E-state index < -0.39 is 0 Å². The van der Waals surface area contributed by atoms with Gasteiger partial charge in [-0.1, -0.05) is 182 Å². The largest absolute Gasteiger partial charge is 0.455 e. The summed E-state index contributed by atoms with van der Waals surface area (Å²) in [6.45, 7) is 0. The monoisotopic (exact) mass is 727 g/mol. The summed E-state index contributed by atoms with van der Waals surface area (Å²) in [5.41, 5.74) is 11.6. The number of fused-ring (bicyclic) bond motifs is 6. The Kier molecular flexibility index (Phi) is 7.78. The van der Waals surface area contributed by atoms with Crippen LogP contribution in [0.25, 0.3) is 111 Å². The first-order valence-corrected chi connectivity index (χ1v) is 19.2. The van der Waals surface area contributed by atoms with Crippen LogP contribution in [0.15, 0.2) is 205 Å². The summed E-state index contributed by atoms with van der Waals surface area (Å²) in [6.07, 6.45) is 0. The molecule has 0 N–H and O–H groups in total. The van der Waals surface area contributed by atoms with Crippen molar-refractivity contribution in [1.82, 2.24) is 15.0 Å². The van der Waals surface area contributed by atoms with Gasteiger partial charge in [0.25, 0.3) is 0 Å². The van der Waals surface area contributed by atoms with Crippen molar-refractivity contribution in [2.75, 3.05) is 0 Å². The van der Waals surface area contributed by atoms with Gasteiger partial charge in [0.05, 0.1) is 0 Å². The van der Waals surface area contributed by atoms with E-state index in [-0.39, 0.29) is 0 Å². The molecule has 0 unspecified atom stereocenters. The number of benzene rings is 9. The van der Waals surface area contributed by atoms with E-state index in [0.717, 1.165) is 66.3 Å². The molecule has 0 spiro atoms. The minimum Gasteiger partial charge on any atom is -0.455 e. The average Bonchev–Trinajstić information content (AvgIpc) is 3.67. The predicted octanol–water partition coefficient (Wildman–Crippen LogP) is 14.1. The highest BCUT2D eigenvalue weighted by Gasteiger charge is 2.17. The van der Waals surface area contributed by atoms with Gasteiger partial charge in [0.1, 0.15) is 11.2 Å². The van der Waals surface area contributed by atoms with Gasteiger partial charge >= 0.3 is 0 Å². The highest BCUT2D eigenvalue weighted by atomic mass is 16.3. The number of nitrogens with zero attached hydrogens (tertiary/aromatic N) is 3. The quantitative estimate of drug-likeness (QED) is 0.171. The first kappa shape index (κ1) is 32.7. The Morgan fingerprint density at radius 2 is 0.754 bits per heavy atom. The van der Waals surface area contributed by atoms with Crippen molar-refractivity contribution in [2.45, 2.75) is 0 Å². The van der Waals surface area contributed by atoms with Gasteiger partial charge < -0.3 is 4.42 Å². The highest BCUT2D eigenvalue weighted by Crippen LogP contribution is 2.42. The second-order valence-corrected chi connectivity index (χ2v) is 14.4. The minimum absolute atomic E-state index is 0.642. The third kappa shape index (κ3) is 5.83. The van der Waals surface area contributed by atoms with Crippen LogP contribution in [-0.2, 0) is 0 Å². The van der Waals surface area contributed by atoms with E-state index in [4.69, 9.17) is 19.4 Å². The van der Waals surface area contributed by atoms with Crippen molar-refractivity contribution in [3.63, 3.8) is 0 Å². The van der Waals surface area contributed by atoms with E-state index in [1.165, 1.54) is 27.3 Å². The zero-order chi connectivity index (χ0) is 37.7. The lowest BCUT2D eigenvalue weighted by atomic mass is 9.92. The first-order chi connectivity index (χ1) is 28.2. The summed E-state index contributed by atoms with van der Waals surface area (Å²) in [7, 11) is 0. The maximum atomic E-state index is 6.70. The van der Waals surface area contributed by atoms with E-state index in [1.54, 1.807) is 0 Å². The molecule has 11 rings (SSSR count). The Balaban J connectivity index is 0.918. The smallest absolute Gasteiger partial charge is 0.164 e. The maximum absolute atomic E-state index is 6.70. The number of furan rings is 1. The Morgan fingerprint density at radius 3 is 1.39 bits per heavy atom. The Labute approximate surface area is 329 Å². The van der Waals surface area contributed by atoms with Crippen LogP contribution < -0.4 is 0 Å². The fourth-order valence-electron chi connectivity index (χ4n) is 8.07. The highest BCUT2D eigenvalue weighted by molar-refractivity contribution is 6.20. The Bertz CT molecular complexity index is 3200. The maximum Gasteiger partial charge on any atom is 0.164 e.